The van der Waals surface area contributed by atoms with Crippen molar-refractivity contribution in [2.45, 2.75) is 23.6 Å². The summed E-state index contributed by atoms with van der Waals surface area (Å²) in [4.78, 5) is 15.0. The molecule has 21 heavy (non-hydrogen) atoms. The van der Waals surface area contributed by atoms with Gasteiger partial charge < -0.3 is 5.11 Å². The Hall–Kier alpha value is -1.77. The first-order valence-electron chi connectivity index (χ1n) is 6.11. The van der Waals surface area contributed by atoms with Crippen LogP contribution in [0.4, 0.5) is 0 Å². The van der Waals surface area contributed by atoms with E-state index < -0.39 is 22.0 Å². The van der Waals surface area contributed by atoms with Crippen molar-refractivity contribution < 1.29 is 18.3 Å². The number of hydrogen-bond acceptors (Lipinski definition) is 5. The molecule has 8 heteroatoms. The maximum atomic E-state index is 12.3. The first kappa shape index (κ1) is 15.6. The van der Waals surface area contributed by atoms with Crippen LogP contribution in [0.1, 0.15) is 23.4 Å². The molecular weight excluding hydrogens is 312 g/mol. The number of sulfonamides is 1. The Morgan fingerprint density at radius 3 is 2.62 bits per heavy atom. The average molecular weight is 326 g/mol. The summed E-state index contributed by atoms with van der Waals surface area (Å²) >= 11 is 0.962. The fraction of sp³-hybridized carbons (Fsp3) is 0.231. The molecule has 2 rings (SSSR count). The maximum absolute atomic E-state index is 12.3. The third-order valence-corrected chi connectivity index (χ3v) is 5.88. The summed E-state index contributed by atoms with van der Waals surface area (Å²) < 4.78 is 27.2. The summed E-state index contributed by atoms with van der Waals surface area (Å²) in [5, 5.41) is 8.71. The SMILES string of the molecule is C[C@@H](NS(=O)(=O)c1ccc(CC(=O)O)s1)c1ccncc1. The van der Waals surface area contributed by atoms with Crippen LogP contribution >= 0.6 is 11.3 Å². The highest BCUT2D eigenvalue weighted by Gasteiger charge is 2.20. The second-order valence-corrected chi connectivity index (χ2v) is 7.52. The molecule has 0 spiro atoms. The molecule has 6 nitrogen and oxygen atoms in total. The number of pyridine rings is 1. The molecule has 0 fully saturated rings. The van der Waals surface area contributed by atoms with Crippen molar-refractivity contribution in [1.29, 1.82) is 0 Å². The first-order chi connectivity index (χ1) is 9.88. The Balaban J connectivity index is 2.15. The molecule has 0 saturated carbocycles. The number of aliphatic carboxylic acids is 1. The van der Waals surface area contributed by atoms with Gasteiger partial charge in [-0.05, 0) is 36.8 Å². The molecule has 0 amide bonds. The van der Waals surface area contributed by atoms with Crippen molar-refractivity contribution in [3.8, 4) is 0 Å². The lowest BCUT2D eigenvalue weighted by Crippen LogP contribution is -2.26. The van der Waals surface area contributed by atoms with Crippen molar-refractivity contribution in [2.24, 2.45) is 0 Å². The van der Waals surface area contributed by atoms with Gasteiger partial charge in [0.25, 0.3) is 10.0 Å². The minimum Gasteiger partial charge on any atom is -0.481 e. The summed E-state index contributed by atoms with van der Waals surface area (Å²) in [5.74, 6) is -0.987. The quantitative estimate of drug-likeness (QED) is 0.844. The largest absolute Gasteiger partial charge is 0.481 e. The lowest BCUT2D eigenvalue weighted by molar-refractivity contribution is -0.136. The van der Waals surface area contributed by atoms with Crippen LogP contribution in [0.3, 0.4) is 0 Å². The molecule has 0 aromatic carbocycles. The van der Waals surface area contributed by atoms with Gasteiger partial charge in [-0.1, -0.05) is 0 Å². The van der Waals surface area contributed by atoms with Crippen LogP contribution in [0.5, 0.6) is 0 Å². The molecule has 2 aromatic heterocycles. The van der Waals surface area contributed by atoms with Crippen LogP contribution < -0.4 is 4.72 Å². The van der Waals surface area contributed by atoms with E-state index in [9.17, 15) is 13.2 Å². The van der Waals surface area contributed by atoms with Crippen LogP contribution in [-0.4, -0.2) is 24.5 Å². The van der Waals surface area contributed by atoms with Crippen molar-refractivity contribution in [3.63, 3.8) is 0 Å². The third-order valence-electron chi connectivity index (χ3n) is 2.77. The monoisotopic (exact) mass is 326 g/mol. The van der Waals surface area contributed by atoms with E-state index in [0.29, 0.717) is 4.88 Å². The molecular formula is C13H14N2O4S2. The van der Waals surface area contributed by atoms with Crippen molar-refractivity contribution in [2.75, 3.05) is 0 Å². The molecule has 1 atom stereocenters. The number of nitrogens with one attached hydrogen (secondary N) is 1. The van der Waals surface area contributed by atoms with Crippen molar-refractivity contribution >= 4 is 27.3 Å². The summed E-state index contributed by atoms with van der Waals surface area (Å²) in [7, 11) is -3.67. The molecule has 112 valence electrons. The topological polar surface area (TPSA) is 96.4 Å². The van der Waals surface area contributed by atoms with Gasteiger partial charge in [0.15, 0.2) is 0 Å². The molecule has 0 aliphatic carbocycles. The van der Waals surface area contributed by atoms with Crippen LogP contribution in [0.15, 0.2) is 40.9 Å². The summed E-state index contributed by atoms with van der Waals surface area (Å²) in [6, 6.07) is 6.01. The van der Waals surface area contributed by atoms with Gasteiger partial charge in [-0.25, -0.2) is 13.1 Å². The van der Waals surface area contributed by atoms with Crippen LogP contribution in [0.25, 0.3) is 0 Å². The summed E-state index contributed by atoms with van der Waals surface area (Å²) in [6.45, 7) is 1.73. The highest BCUT2D eigenvalue weighted by Crippen LogP contribution is 2.24. The number of carboxylic acids is 1. The Labute approximate surface area is 126 Å². The fourth-order valence-corrected chi connectivity index (χ4v) is 4.35. The molecule has 2 heterocycles. The Kier molecular flexibility index (Phi) is 4.71. The van der Waals surface area contributed by atoms with Crippen LogP contribution in [0.2, 0.25) is 0 Å². The van der Waals surface area contributed by atoms with Crippen LogP contribution in [0, 0.1) is 0 Å². The molecule has 0 radical (unpaired) electrons. The normalized spacial score (nSPS) is 13.0. The van der Waals surface area contributed by atoms with E-state index in [1.54, 1.807) is 31.5 Å². The van der Waals surface area contributed by atoms with Gasteiger partial charge in [0.1, 0.15) is 4.21 Å². The van der Waals surface area contributed by atoms with E-state index in [2.05, 4.69) is 9.71 Å². The molecule has 0 saturated heterocycles. The number of nitrogens with zero attached hydrogens (tertiary/aromatic N) is 1. The zero-order valence-corrected chi connectivity index (χ0v) is 12.8. The number of carbonyl (C=O) groups is 1. The zero-order valence-electron chi connectivity index (χ0n) is 11.2. The molecule has 2 N–H and O–H groups in total. The van der Waals surface area contributed by atoms with E-state index in [0.717, 1.165) is 16.9 Å². The lowest BCUT2D eigenvalue weighted by Gasteiger charge is -2.13. The Morgan fingerprint density at radius 1 is 1.33 bits per heavy atom. The van der Waals surface area contributed by atoms with E-state index in [-0.39, 0.29) is 10.6 Å². The number of carboxylic acid groups (broad SMARTS) is 1. The highest BCUT2D eigenvalue weighted by molar-refractivity contribution is 7.91. The van der Waals surface area contributed by atoms with Crippen molar-refractivity contribution in [1.82, 2.24) is 9.71 Å². The van der Waals surface area contributed by atoms with E-state index in [1.807, 2.05) is 0 Å². The summed E-state index contributed by atoms with van der Waals surface area (Å²) in [6.07, 6.45) is 3.01. The Morgan fingerprint density at radius 2 is 2.00 bits per heavy atom. The first-order valence-corrected chi connectivity index (χ1v) is 8.41. The Bertz CT molecular complexity index is 726. The zero-order chi connectivity index (χ0) is 15.5. The predicted octanol–water partition coefficient (Wildman–Crippen LogP) is 1.81. The lowest BCUT2D eigenvalue weighted by atomic mass is 10.1. The van der Waals surface area contributed by atoms with Gasteiger partial charge in [0, 0.05) is 23.3 Å². The van der Waals surface area contributed by atoms with E-state index in [1.165, 1.54) is 12.1 Å². The number of thiophene rings is 1. The highest BCUT2D eigenvalue weighted by atomic mass is 32.2. The van der Waals surface area contributed by atoms with Gasteiger partial charge in [-0.2, -0.15) is 0 Å². The smallest absolute Gasteiger partial charge is 0.308 e. The summed E-state index contributed by atoms with van der Waals surface area (Å²) in [5.41, 5.74) is 0.802. The second kappa shape index (κ2) is 6.33. The van der Waals surface area contributed by atoms with Gasteiger partial charge in [0.2, 0.25) is 0 Å². The number of hydrogen-bond donors (Lipinski definition) is 2. The number of aromatic nitrogens is 1. The molecule has 0 bridgehead atoms. The van der Waals surface area contributed by atoms with Crippen LogP contribution in [-0.2, 0) is 21.2 Å². The molecule has 0 aliphatic heterocycles. The minimum atomic E-state index is -3.67. The molecule has 0 aliphatic rings. The maximum Gasteiger partial charge on any atom is 0.308 e. The fourth-order valence-electron chi connectivity index (χ4n) is 1.76. The number of rotatable bonds is 6. The van der Waals surface area contributed by atoms with Gasteiger partial charge in [-0.15, -0.1) is 11.3 Å². The van der Waals surface area contributed by atoms with Gasteiger partial charge >= 0.3 is 5.97 Å². The average Bonchev–Trinajstić information content (AvgIpc) is 2.88. The molecule has 2 aromatic rings. The van der Waals surface area contributed by atoms with E-state index in [4.69, 9.17) is 5.11 Å². The third kappa shape index (κ3) is 4.10. The second-order valence-electron chi connectivity index (χ2n) is 4.41. The molecule has 0 unspecified atom stereocenters. The minimum absolute atomic E-state index is 0.111. The van der Waals surface area contributed by atoms with E-state index >= 15 is 0 Å². The standard InChI is InChI=1S/C13H14N2O4S2/c1-9(10-4-6-14-7-5-10)15-21(18,19)13-3-2-11(20-13)8-12(16)17/h2-7,9,15H,8H2,1H3,(H,16,17)/t9-/m1/s1. The van der Waals surface area contributed by atoms with Gasteiger partial charge in [-0.3, -0.25) is 9.78 Å². The van der Waals surface area contributed by atoms with Crippen molar-refractivity contribution in [3.05, 3.63) is 47.1 Å². The predicted molar refractivity (Wildman–Crippen MR) is 78.6 cm³/mol. The van der Waals surface area contributed by atoms with Gasteiger partial charge in [0.05, 0.1) is 6.42 Å².